The molecule has 11 nitrogen and oxygen atoms in total. The van der Waals surface area contributed by atoms with Gasteiger partial charge in [-0.05, 0) is 66.5 Å². The number of hydrogen-bond donors (Lipinski definition) is 3. The van der Waals surface area contributed by atoms with Gasteiger partial charge in [0.05, 0.1) is 29.4 Å². The maximum atomic E-state index is 13.7. The van der Waals surface area contributed by atoms with E-state index in [4.69, 9.17) is 18.9 Å². The van der Waals surface area contributed by atoms with Crippen LogP contribution in [0.5, 0.6) is 11.5 Å². The fourth-order valence-electron chi connectivity index (χ4n) is 5.19. The number of halogens is 1. The van der Waals surface area contributed by atoms with Gasteiger partial charge in [-0.15, -0.1) is 0 Å². The van der Waals surface area contributed by atoms with E-state index in [1.165, 1.54) is 19.3 Å². The predicted octanol–water partition coefficient (Wildman–Crippen LogP) is 1.21. The lowest BCUT2D eigenvalue weighted by Gasteiger charge is -2.42. The first kappa shape index (κ1) is 29.7. The first-order valence-corrected chi connectivity index (χ1v) is 14.2. The van der Waals surface area contributed by atoms with Crippen LogP contribution < -0.4 is 14.8 Å². The summed E-state index contributed by atoms with van der Waals surface area (Å²) in [5.41, 5.74) is 0.717. The summed E-state index contributed by atoms with van der Waals surface area (Å²) in [5, 5.41) is 23.5. The molecule has 0 spiro atoms. The Morgan fingerprint density at radius 2 is 2.00 bits per heavy atom. The van der Waals surface area contributed by atoms with E-state index in [1.54, 1.807) is 11.0 Å². The average molecular weight is 658 g/mol. The van der Waals surface area contributed by atoms with Crippen molar-refractivity contribution in [3.8, 4) is 11.5 Å². The van der Waals surface area contributed by atoms with E-state index in [0.29, 0.717) is 52.1 Å². The minimum atomic E-state index is -1.20. The zero-order chi connectivity index (χ0) is 27.9. The normalized spacial score (nSPS) is 26.6. The van der Waals surface area contributed by atoms with Crippen LogP contribution in [0.1, 0.15) is 42.5 Å². The minimum Gasteiger partial charge on any atom is -0.493 e. The van der Waals surface area contributed by atoms with Gasteiger partial charge in [0.15, 0.2) is 11.5 Å². The van der Waals surface area contributed by atoms with Crippen LogP contribution in [0, 0.1) is 3.57 Å². The van der Waals surface area contributed by atoms with Crippen molar-refractivity contribution >= 4 is 40.7 Å². The summed E-state index contributed by atoms with van der Waals surface area (Å²) in [5.74, 6) is -0.0694. The zero-order valence-electron chi connectivity index (χ0n) is 21.8. The van der Waals surface area contributed by atoms with E-state index in [9.17, 15) is 24.6 Å². The second-order valence-electron chi connectivity index (χ2n) is 9.80. The average Bonchev–Trinajstić information content (AvgIpc) is 3.67. The molecule has 0 radical (unpaired) electrons. The lowest BCUT2D eigenvalue weighted by atomic mass is 9.87. The maximum absolute atomic E-state index is 13.7. The molecule has 2 saturated heterocycles. The molecule has 1 aromatic rings. The highest BCUT2D eigenvalue weighted by molar-refractivity contribution is 14.1. The summed E-state index contributed by atoms with van der Waals surface area (Å²) in [6.45, 7) is 1.18. The second-order valence-corrected chi connectivity index (χ2v) is 11.0. The van der Waals surface area contributed by atoms with Gasteiger partial charge in [0.2, 0.25) is 5.91 Å². The van der Waals surface area contributed by atoms with Crippen LogP contribution in [0.15, 0.2) is 23.8 Å². The lowest BCUT2D eigenvalue weighted by molar-refractivity contribution is -0.150. The van der Waals surface area contributed by atoms with E-state index in [0.717, 1.165) is 19.3 Å². The van der Waals surface area contributed by atoms with Crippen LogP contribution in [0.4, 0.5) is 0 Å². The Balaban J connectivity index is 1.69. The number of hydrogen-bond acceptors (Lipinski definition) is 9. The predicted molar refractivity (Wildman–Crippen MR) is 148 cm³/mol. The van der Waals surface area contributed by atoms with E-state index in [2.05, 4.69) is 5.32 Å². The highest BCUT2D eigenvalue weighted by atomic mass is 127. The molecule has 2 amide bonds. The van der Waals surface area contributed by atoms with Crippen molar-refractivity contribution in [3.63, 3.8) is 0 Å². The van der Waals surface area contributed by atoms with E-state index >= 15 is 0 Å². The third-order valence-corrected chi connectivity index (χ3v) is 7.97. The number of aldehydes is 1. The Kier molecular flexibility index (Phi) is 10.6. The highest BCUT2D eigenvalue weighted by Crippen LogP contribution is 2.37. The number of rotatable bonds is 11. The summed E-state index contributed by atoms with van der Waals surface area (Å²) in [6, 6.07) is 2.36. The summed E-state index contributed by atoms with van der Waals surface area (Å²) in [7, 11) is 1.44. The van der Waals surface area contributed by atoms with Crippen molar-refractivity contribution in [2.75, 3.05) is 40.0 Å². The Bertz CT molecular complexity index is 1070. The van der Waals surface area contributed by atoms with Gasteiger partial charge in [-0.25, -0.2) is 0 Å². The van der Waals surface area contributed by atoms with Gasteiger partial charge in [-0.2, -0.15) is 0 Å². The van der Waals surface area contributed by atoms with Crippen molar-refractivity contribution in [2.24, 2.45) is 0 Å². The largest absolute Gasteiger partial charge is 0.493 e. The number of nitrogens with one attached hydrogen (secondary N) is 1. The SMILES string of the molecule is COc1cc(C=O)cc(I)c1OC1C=C(C(=O)NCCO)CC(N(CC2CCCO2)C(=O)C2CCCO2)C1O. The molecule has 1 aromatic carbocycles. The van der Waals surface area contributed by atoms with Crippen molar-refractivity contribution in [3.05, 3.63) is 32.9 Å². The number of benzene rings is 1. The number of ether oxygens (including phenoxy) is 4. The molecular weight excluding hydrogens is 623 g/mol. The molecule has 0 aromatic heterocycles. The molecule has 2 fully saturated rings. The van der Waals surface area contributed by atoms with Crippen molar-refractivity contribution < 1.29 is 43.5 Å². The molecule has 12 heteroatoms. The Hall–Kier alpha value is -2.26. The standard InChI is InChI=1S/C27H35IN2O9/c1-36-23-11-16(15-32)10-19(28)25(23)39-22-13-17(26(34)29-6-7-31)12-20(24(22)33)30(14-18-4-2-8-37-18)27(35)21-5-3-9-38-21/h10-11,13,15,18,20-22,24,31,33H,2-9,12,14H2,1H3,(H,29,34). The molecule has 0 bridgehead atoms. The van der Waals surface area contributed by atoms with Gasteiger partial charge >= 0.3 is 0 Å². The van der Waals surface area contributed by atoms with Crippen LogP contribution in [0.2, 0.25) is 0 Å². The molecule has 39 heavy (non-hydrogen) atoms. The molecule has 2 heterocycles. The summed E-state index contributed by atoms with van der Waals surface area (Å²) in [6.07, 6.45) is 2.33. The molecular formula is C27H35IN2O9. The van der Waals surface area contributed by atoms with Crippen LogP contribution in [-0.4, -0.2) is 104 Å². The fraction of sp³-hybridized carbons (Fsp3) is 0.593. The molecule has 4 rings (SSSR count). The lowest BCUT2D eigenvalue weighted by Crippen LogP contribution is -2.58. The third kappa shape index (κ3) is 7.09. The molecule has 3 aliphatic rings. The van der Waals surface area contributed by atoms with Crippen LogP contribution in [0.25, 0.3) is 0 Å². The van der Waals surface area contributed by atoms with Gasteiger partial charge in [0, 0.05) is 43.9 Å². The second kappa shape index (κ2) is 13.9. The van der Waals surface area contributed by atoms with Gasteiger partial charge < -0.3 is 39.4 Å². The molecule has 2 aliphatic heterocycles. The van der Waals surface area contributed by atoms with Gasteiger partial charge in [0.1, 0.15) is 24.6 Å². The monoisotopic (exact) mass is 658 g/mol. The number of amides is 2. The molecule has 0 saturated carbocycles. The van der Waals surface area contributed by atoms with Crippen LogP contribution in [-0.2, 0) is 19.1 Å². The number of aliphatic hydroxyl groups excluding tert-OH is 2. The maximum Gasteiger partial charge on any atom is 0.252 e. The van der Waals surface area contributed by atoms with Gasteiger partial charge in [-0.1, -0.05) is 0 Å². The topological polar surface area (TPSA) is 144 Å². The number of aliphatic hydroxyl groups is 2. The third-order valence-electron chi connectivity index (χ3n) is 7.17. The number of carbonyl (C=O) groups is 3. The highest BCUT2D eigenvalue weighted by Gasteiger charge is 2.44. The first-order valence-electron chi connectivity index (χ1n) is 13.2. The fourth-order valence-corrected chi connectivity index (χ4v) is 5.94. The van der Waals surface area contributed by atoms with Crippen molar-refractivity contribution in [1.82, 2.24) is 10.2 Å². The Morgan fingerprint density at radius 1 is 1.23 bits per heavy atom. The Labute approximate surface area is 240 Å². The minimum absolute atomic E-state index is 0.0578. The zero-order valence-corrected chi connectivity index (χ0v) is 24.0. The Morgan fingerprint density at radius 3 is 2.64 bits per heavy atom. The van der Waals surface area contributed by atoms with Gasteiger partial charge in [-0.3, -0.25) is 14.4 Å². The molecule has 1 aliphatic carbocycles. The van der Waals surface area contributed by atoms with Crippen molar-refractivity contribution in [1.29, 1.82) is 0 Å². The molecule has 5 atom stereocenters. The van der Waals surface area contributed by atoms with E-state index in [1.807, 2.05) is 22.6 Å². The van der Waals surface area contributed by atoms with Crippen molar-refractivity contribution in [2.45, 2.75) is 62.6 Å². The summed E-state index contributed by atoms with van der Waals surface area (Å²) >= 11 is 2.02. The number of nitrogens with zero attached hydrogens (tertiary/aromatic N) is 1. The van der Waals surface area contributed by atoms with E-state index < -0.39 is 30.3 Å². The first-order chi connectivity index (χ1) is 18.9. The van der Waals surface area contributed by atoms with Gasteiger partial charge in [0.25, 0.3) is 5.91 Å². The molecule has 214 valence electrons. The number of methoxy groups -OCH3 is 1. The van der Waals surface area contributed by atoms with E-state index in [-0.39, 0.29) is 38.1 Å². The van der Waals surface area contributed by atoms with Crippen LogP contribution in [0.3, 0.4) is 0 Å². The summed E-state index contributed by atoms with van der Waals surface area (Å²) in [4.78, 5) is 39.7. The number of carbonyl (C=O) groups excluding carboxylic acids is 3. The molecule has 3 N–H and O–H groups in total. The molecule has 5 unspecified atom stereocenters. The quantitative estimate of drug-likeness (QED) is 0.236. The van der Waals surface area contributed by atoms with Crippen LogP contribution >= 0.6 is 22.6 Å². The smallest absolute Gasteiger partial charge is 0.252 e. The summed E-state index contributed by atoms with van der Waals surface area (Å²) < 4.78 is 23.8.